The van der Waals surface area contributed by atoms with Gasteiger partial charge in [-0.3, -0.25) is 9.59 Å². The van der Waals surface area contributed by atoms with E-state index in [9.17, 15) is 9.59 Å². The van der Waals surface area contributed by atoms with Crippen molar-refractivity contribution in [3.8, 4) is 0 Å². The molecular formula is C13H16N2O2. The zero-order valence-electron chi connectivity index (χ0n) is 10.1. The van der Waals surface area contributed by atoms with Gasteiger partial charge in [0.15, 0.2) is 0 Å². The molecule has 2 amide bonds. The maximum atomic E-state index is 11.7. The van der Waals surface area contributed by atoms with Crippen LogP contribution in [0.5, 0.6) is 0 Å². The number of rotatable bonds is 2. The highest BCUT2D eigenvalue weighted by atomic mass is 16.2. The third-order valence-electron chi connectivity index (χ3n) is 2.91. The highest BCUT2D eigenvalue weighted by Gasteiger charge is 2.21. The van der Waals surface area contributed by atoms with Gasteiger partial charge in [0, 0.05) is 38.3 Å². The molecule has 4 nitrogen and oxygen atoms in total. The fourth-order valence-corrected chi connectivity index (χ4v) is 1.96. The summed E-state index contributed by atoms with van der Waals surface area (Å²) in [5.41, 5.74) is 1.52. The third kappa shape index (κ3) is 2.30. The molecule has 0 N–H and O–H groups in total. The molecule has 1 heterocycles. The van der Waals surface area contributed by atoms with E-state index in [1.807, 2.05) is 12.1 Å². The molecular weight excluding hydrogens is 216 g/mol. The van der Waals surface area contributed by atoms with Gasteiger partial charge >= 0.3 is 0 Å². The summed E-state index contributed by atoms with van der Waals surface area (Å²) in [5.74, 6) is 0.140. The molecule has 1 fully saturated rings. The molecule has 0 bridgehead atoms. The van der Waals surface area contributed by atoms with Gasteiger partial charge < -0.3 is 9.80 Å². The Morgan fingerprint density at radius 1 is 1.24 bits per heavy atom. The van der Waals surface area contributed by atoms with E-state index >= 15 is 0 Å². The Morgan fingerprint density at radius 3 is 2.35 bits per heavy atom. The molecule has 0 unspecified atom stereocenters. The van der Waals surface area contributed by atoms with Crippen LogP contribution >= 0.6 is 0 Å². The number of carbonyl (C=O) groups is 2. The Balaban J connectivity index is 2.18. The maximum Gasteiger partial charge on any atom is 0.253 e. The van der Waals surface area contributed by atoms with Crippen molar-refractivity contribution >= 4 is 17.5 Å². The average Bonchev–Trinajstić information content (AvgIpc) is 2.74. The lowest BCUT2D eigenvalue weighted by Gasteiger charge is -2.16. The first-order valence-electron chi connectivity index (χ1n) is 5.71. The fraction of sp³-hybridized carbons (Fsp3) is 0.385. The summed E-state index contributed by atoms with van der Waals surface area (Å²) in [4.78, 5) is 26.5. The van der Waals surface area contributed by atoms with E-state index in [0.717, 1.165) is 18.7 Å². The number of amides is 2. The number of anilines is 1. The van der Waals surface area contributed by atoms with Crippen LogP contribution in [-0.4, -0.2) is 37.4 Å². The molecule has 1 aliphatic heterocycles. The lowest BCUT2D eigenvalue weighted by molar-refractivity contribution is -0.117. The van der Waals surface area contributed by atoms with Crippen LogP contribution in [0.2, 0.25) is 0 Å². The van der Waals surface area contributed by atoms with Crippen molar-refractivity contribution in [2.45, 2.75) is 12.8 Å². The van der Waals surface area contributed by atoms with Crippen LogP contribution in [0.1, 0.15) is 23.2 Å². The van der Waals surface area contributed by atoms with Crippen molar-refractivity contribution < 1.29 is 9.59 Å². The second kappa shape index (κ2) is 4.57. The number of carbonyl (C=O) groups excluding carboxylic acids is 2. The van der Waals surface area contributed by atoms with Crippen molar-refractivity contribution in [1.29, 1.82) is 0 Å². The average molecular weight is 232 g/mol. The summed E-state index contributed by atoms with van der Waals surface area (Å²) in [6, 6.07) is 7.20. The number of benzene rings is 1. The Bertz CT molecular complexity index is 437. The summed E-state index contributed by atoms with van der Waals surface area (Å²) in [5, 5.41) is 0. The normalized spacial score (nSPS) is 15.2. The summed E-state index contributed by atoms with van der Waals surface area (Å²) < 4.78 is 0. The van der Waals surface area contributed by atoms with Crippen LogP contribution in [0, 0.1) is 0 Å². The smallest absolute Gasteiger partial charge is 0.253 e. The topological polar surface area (TPSA) is 40.6 Å². The van der Waals surface area contributed by atoms with Gasteiger partial charge in [0.1, 0.15) is 0 Å². The maximum absolute atomic E-state index is 11.7. The molecule has 0 saturated carbocycles. The first-order chi connectivity index (χ1) is 8.09. The standard InChI is InChI=1S/C13H16N2O2/c1-14(2)13(17)10-5-7-11(8-6-10)15-9-3-4-12(15)16/h5-8H,3-4,9H2,1-2H3. The molecule has 90 valence electrons. The Kier molecular flexibility index (Phi) is 3.13. The van der Waals surface area contributed by atoms with Crippen LogP contribution in [-0.2, 0) is 4.79 Å². The zero-order valence-corrected chi connectivity index (χ0v) is 10.1. The Morgan fingerprint density at radius 2 is 1.88 bits per heavy atom. The SMILES string of the molecule is CN(C)C(=O)c1ccc(N2CCCC2=O)cc1. The molecule has 2 rings (SSSR count). The molecule has 0 aromatic heterocycles. The lowest BCUT2D eigenvalue weighted by atomic mass is 10.2. The Hall–Kier alpha value is -1.84. The van der Waals surface area contributed by atoms with Crippen molar-refractivity contribution in [2.75, 3.05) is 25.5 Å². The third-order valence-corrected chi connectivity index (χ3v) is 2.91. The summed E-state index contributed by atoms with van der Waals surface area (Å²) in [7, 11) is 3.44. The van der Waals surface area contributed by atoms with E-state index in [1.165, 1.54) is 4.90 Å². The Labute approximate surface area is 101 Å². The molecule has 0 spiro atoms. The molecule has 0 aliphatic carbocycles. The van der Waals surface area contributed by atoms with Crippen molar-refractivity contribution in [1.82, 2.24) is 4.90 Å². The monoisotopic (exact) mass is 232 g/mol. The predicted octanol–water partition coefficient (Wildman–Crippen LogP) is 1.52. The molecule has 1 aromatic rings. The second-order valence-electron chi connectivity index (χ2n) is 4.40. The predicted molar refractivity (Wildman–Crippen MR) is 66.0 cm³/mol. The molecule has 1 aliphatic rings. The summed E-state index contributed by atoms with van der Waals surface area (Å²) in [6.07, 6.45) is 1.54. The van der Waals surface area contributed by atoms with Gasteiger partial charge in [0.2, 0.25) is 5.91 Å². The summed E-state index contributed by atoms with van der Waals surface area (Å²) >= 11 is 0. The molecule has 0 radical (unpaired) electrons. The molecule has 4 heteroatoms. The quantitative estimate of drug-likeness (QED) is 0.775. The van der Waals surface area contributed by atoms with E-state index in [2.05, 4.69) is 0 Å². The van der Waals surface area contributed by atoms with Crippen molar-refractivity contribution in [3.05, 3.63) is 29.8 Å². The lowest BCUT2D eigenvalue weighted by Crippen LogP contribution is -2.24. The first kappa shape index (κ1) is 11.6. The van der Waals surface area contributed by atoms with Gasteiger partial charge in [-0.25, -0.2) is 0 Å². The van der Waals surface area contributed by atoms with E-state index < -0.39 is 0 Å². The van der Waals surface area contributed by atoms with Crippen LogP contribution in [0.15, 0.2) is 24.3 Å². The van der Waals surface area contributed by atoms with E-state index in [4.69, 9.17) is 0 Å². The zero-order chi connectivity index (χ0) is 12.4. The molecule has 1 aromatic carbocycles. The number of nitrogens with zero attached hydrogens (tertiary/aromatic N) is 2. The van der Waals surface area contributed by atoms with Crippen molar-refractivity contribution in [3.63, 3.8) is 0 Å². The van der Waals surface area contributed by atoms with Gasteiger partial charge in [-0.15, -0.1) is 0 Å². The second-order valence-corrected chi connectivity index (χ2v) is 4.40. The van der Waals surface area contributed by atoms with Gasteiger partial charge in [-0.05, 0) is 30.7 Å². The van der Waals surface area contributed by atoms with Gasteiger partial charge in [0.25, 0.3) is 5.91 Å². The fourth-order valence-electron chi connectivity index (χ4n) is 1.96. The number of hydrogen-bond acceptors (Lipinski definition) is 2. The van der Waals surface area contributed by atoms with E-state index in [1.54, 1.807) is 31.1 Å². The minimum atomic E-state index is -0.0238. The minimum Gasteiger partial charge on any atom is -0.345 e. The highest BCUT2D eigenvalue weighted by molar-refractivity contribution is 5.97. The highest BCUT2D eigenvalue weighted by Crippen LogP contribution is 2.21. The van der Waals surface area contributed by atoms with Crippen LogP contribution < -0.4 is 4.90 Å². The van der Waals surface area contributed by atoms with Crippen molar-refractivity contribution in [2.24, 2.45) is 0 Å². The van der Waals surface area contributed by atoms with Gasteiger partial charge in [-0.2, -0.15) is 0 Å². The van der Waals surface area contributed by atoms with Crippen LogP contribution in [0.3, 0.4) is 0 Å². The number of hydrogen-bond donors (Lipinski definition) is 0. The minimum absolute atomic E-state index is 0.0238. The van der Waals surface area contributed by atoms with Crippen LogP contribution in [0.25, 0.3) is 0 Å². The van der Waals surface area contributed by atoms with Gasteiger partial charge in [-0.1, -0.05) is 0 Å². The van der Waals surface area contributed by atoms with Crippen LogP contribution in [0.4, 0.5) is 5.69 Å². The summed E-state index contributed by atoms with van der Waals surface area (Å²) in [6.45, 7) is 0.778. The van der Waals surface area contributed by atoms with Gasteiger partial charge in [0.05, 0.1) is 0 Å². The first-order valence-corrected chi connectivity index (χ1v) is 5.71. The molecule has 1 saturated heterocycles. The molecule has 17 heavy (non-hydrogen) atoms. The van der Waals surface area contributed by atoms with E-state index in [-0.39, 0.29) is 11.8 Å². The van der Waals surface area contributed by atoms with E-state index in [0.29, 0.717) is 12.0 Å². The molecule has 0 atom stereocenters. The largest absolute Gasteiger partial charge is 0.345 e.